The van der Waals surface area contributed by atoms with Gasteiger partial charge in [0.2, 0.25) is 5.60 Å². The maximum Gasteiger partial charge on any atom is 0.432 e. The summed E-state index contributed by atoms with van der Waals surface area (Å²) in [6.07, 6.45) is -1.43. The van der Waals surface area contributed by atoms with Crippen molar-refractivity contribution in [2.75, 3.05) is 0 Å². The maximum atomic E-state index is 13.5. The van der Waals surface area contributed by atoms with Crippen molar-refractivity contribution in [2.45, 2.75) is 38.5 Å². The van der Waals surface area contributed by atoms with Crippen LogP contribution < -0.4 is 9.47 Å². The third-order valence-electron chi connectivity index (χ3n) is 4.45. The molecule has 0 N–H and O–H groups in total. The SMILES string of the molecule is CCc1ccc(Oc2cc3c(cc2Cl)C=CC(CC)(C(F)(F)F)O3)cc1. The summed E-state index contributed by atoms with van der Waals surface area (Å²) in [7, 11) is 0. The summed E-state index contributed by atoms with van der Waals surface area (Å²) < 4.78 is 51.5. The number of hydrogen-bond donors (Lipinski definition) is 0. The number of rotatable bonds is 4. The molecule has 0 aliphatic carbocycles. The van der Waals surface area contributed by atoms with Crippen LogP contribution in [0.3, 0.4) is 0 Å². The van der Waals surface area contributed by atoms with E-state index in [2.05, 4.69) is 0 Å². The molecule has 0 saturated carbocycles. The molecule has 1 atom stereocenters. The van der Waals surface area contributed by atoms with Crippen molar-refractivity contribution in [1.82, 2.24) is 0 Å². The average Bonchev–Trinajstić information content (AvgIpc) is 2.61. The van der Waals surface area contributed by atoms with E-state index in [0.29, 0.717) is 16.3 Å². The molecular weight excluding hydrogens is 365 g/mol. The van der Waals surface area contributed by atoms with Crippen LogP contribution in [-0.4, -0.2) is 11.8 Å². The summed E-state index contributed by atoms with van der Waals surface area (Å²) in [6, 6.07) is 10.4. The Morgan fingerprint density at radius 3 is 2.38 bits per heavy atom. The Balaban J connectivity index is 1.93. The van der Waals surface area contributed by atoms with Crippen LogP contribution in [0.2, 0.25) is 5.02 Å². The Hall–Kier alpha value is -2.14. The second-order valence-corrected chi connectivity index (χ2v) is 6.50. The van der Waals surface area contributed by atoms with Gasteiger partial charge in [-0.1, -0.05) is 43.7 Å². The lowest BCUT2D eigenvalue weighted by Gasteiger charge is -2.35. The zero-order chi connectivity index (χ0) is 18.9. The average molecular weight is 383 g/mol. The lowest BCUT2D eigenvalue weighted by atomic mass is 9.94. The van der Waals surface area contributed by atoms with E-state index in [9.17, 15) is 13.2 Å². The third-order valence-corrected chi connectivity index (χ3v) is 4.75. The van der Waals surface area contributed by atoms with E-state index in [-0.39, 0.29) is 17.9 Å². The first-order chi connectivity index (χ1) is 12.3. The molecule has 1 aliphatic heterocycles. The van der Waals surface area contributed by atoms with E-state index < -0.39 is 11.8 Å². The van der Waals surface area contributed by atoms with Gasteiger partial charge in [-0.15, -0.1) is 0 Å². The van der Waals surface area contributed by atoms with Crippen LogP contribution in [0, 0.1) is 0 Å². The normalized spacial score (nSPS) is 19.0. The van der Waals surface area contributed by atoms with E-state index >= 15 is 0 Å². The number of alkyl halides is 3. The number of halogens is 4. The van der Waals surface area contributed by atoms with E-state index in [1.807, 2.05) is 19.1 Å². The van der Waals surface area contributed by atoms with E-state index in [1.165, 1.54) is 19.1 Å². The van der Waals surface area contributed by atoms with Crippen LogP contribution in [0.4, 0.5) is 13.2 Å². The number of aryl methyl sites for hydroxylation is 1. The summed E-state index contributed by atoms with van der Waals surface area (Å²) in [5, 5.41) is 0.299. The fourth-order valence-electron chi connectivity index (χ4n) is 2.76. The summed E-state index contributed by atoms with van der Waals surface area (Å²) in [6.45, 7) is 3.48. The Bertz CT molecular complexity index is 828. The largest absolute Gasteiger partial charge is 0.473 e. The van der Waals surface area contributed by atoms with Crippen molar-refractivity contribution in [2.24, 2.45) is 0 Å². The zero-order valence-corrected chi connectivity index (χ0v) is 15.1. The van der Waals surface area contributed by atoms with E-state index in [0.717, 1.165) is 18.1 Å². The number of hydrogen-bond acceptors (Lipinski definition) is 2. The minimum absolute atomic E-state index is 0.0938. The molecule has 0 aromatic heterocycles. The fourth-order valence-corrected chi connectivity index (χ4v) is 2.98. The number of benzene rings is 2. The highest BCUT2D eigenvalue weighted by Gasteiger charge is 2.55. The molecule has 1 heterocycles. The molecular formula is C20H18ClF3O2. The van der Waals surface area contributed by atoms with Crippen molar-refractivity contribution in [1.29, 1.82) is 0 Å². The van der Waals surface area contributed by atoms with E-state index in [1.54, 1.807) is 18.2 Å². The molecule has 2 aromatic carbocycles. The van der Waals surface area contributed by atoms with Gasteiger partial charge in [0.25, 0.3) is 0 Å². The molecule has 2 aromatic rings. The molecule has 2 nitrogen and oxygen atoms in total. The molecule has 1 aliphatic rings. The second-order valence-electron chi connectivity index (χ2n) is 6.10. The van der Waals surface area contributed by atoms with Crippen LogP contribution in [0.15, 0.2) is 42.5 Å². The smallest absolute Gasteiger partial charge is 0.432 e. The molecule has 0 fully saturated rings. The molecule has 138 valence electrons. The van der Waals surface area contributed by atoms with Gasteiger partial charge in [-0.2, -0.15) is 13.2 Å². The van der Waals surface area contributed by atoms with Gasteiger partial charge in [0, 0.05) is 11.6 Å². The van der Waals surface area contributed by atoms with Gasteiger partial charge in [0.1, 0.15) is 17.2 Å². The molecule has 0 radical (unpaired) electrons. The molecule has 0 amide bonds. The zero-order valence-electron chi connectivity index (χ0n) is 14.4. The van der Waals surface area contributed by atoms with Crippen molar-refractivity contribution in [3.8, 4) is 17.2 Å². The topological polar surface area (TPSA) is 18.5 Å². The first-order valence-electron chi connectivity index (χ1n) is 8.33. The summed E-state index contributed by atoms with van der Waals surface area (Å²) in [4.78, 5) is 0. The van der Waals surface area contributed by atoms with Gasteiger partial charge in [-0.3, -0.25) is 0 Å². The predicted octanol–water partition coefficient (Wildman–Crippen LogP) is 6.81. The van der Waals surface area contributed by atoms with Crippen LogP contribution in [0.1, 0.15) is 31.4 Å². The van der Waals surface area contributed by atoms with Crippen LogP contribution in [0.5, 0.6) is 17.2 Å². The van der Waals surface area contributed by atoms with Crippen molar-refractivity contribution in [3.05, 3.63) is 58.6 Å². The lowest BCUT2D eigenvalue weighted by Crippen LogP contribution is -2.49. The highest BCUT2D eigenvalue weighted by molar-refractivity contribution is 6.32. The monoisotopic (exact) mass is 382 g/mol. The number of fused-ring (bicyclic) bond motifs is 1. The van der Waals surface area contributed by atoms with E-state index in [4.69, 9.17) is 21.1 Å². The molecule has 1 unspecified atom stereocenters. The van der Waals surface area contributed by atoms with Crippen LogP contribution in [0.25, 0.3) is 6.08 Å². The van der Waals surface area contributed by atoms with Crippen LogP contribution in [-0.2, 0) is 6.42 Å². The fraction of sp³-hybridized carbons (Fsp3) is 0.300. The minimum atomic E-state index is -4.52. The quantitative estimate of drug-likeness (QED) is 0.578. The van der Waals surface area contributed by atoms with Crippen molar-refractivity contribution in [3.63, 3.8) is 0 Å². The summed E-state index contributed by atoms with van der Waals surface area (Å²) in [5.41, 5.74) is -0.703. The van der Waals surface area contributed by atoms with Crippen molar-refractivity contribution >= 4 is 17.7 Å². The summed E-state index contributed by atoms with van der Waals surface area (Å²) in [5.74, 6) is 0.890. The molecule has 3 rings (SSSR count). The van der Waals surface area contributed by atoms with Gasteiger partial charge < -0.3 is 9.47 Å². The van der Waals surface area contributed by atoms with Gasteiger partial charge >= 0.3 is 6.18 Å². The minimum Gasteiger partial charge on any atom is -0.473 e. The van der Waals surface area contributed by atoms with Crippen LogP contribution >= 0.6 is 11.6 Å². The highest BCUT2D eigenvalue weighted by Crippen LogP contribution is 2.45. The first-order valence-corrected chi connectivity index (χ1v) is 8.71. The van der Waals surface area contributed by atoms with Gasteiger partial charge in [-0.05, 0) is 42.7 Å². The Morgan fingerprint density at radius 1 is 1.12 bits per heavy atom. The Kier molecular flexibility index (Phi) is 4.93. The Labute approximate surface area is 155 Å². The highest BCUT2D eigenvalue weighted by atomic mass is 35.5. The first kappa shape index (κ1) is 18.6. The summed E-state index contributed by atoms with van der Waals surface area (Å²) >= 11 is 6.23. The van der Waals surface area contributed by atoms with Gasteiger partial charge in [0.05, 0.1) is 5.02 Å². The molecule has 0 saturated heterocycles. The van der Waals surface area contributed by atoms with Gasteiger partial charge in [0.15, 0.2) is 0 Å². The standard InChI is InChI=1S/C20H18ClF3O2/c1-3-13-5-7-15(8-6-13)25-18-12-17-14(11-16(18)21)9-10-19(4-2,26-17)20(22,23)24/h5-12H,3-4H2,1-2H3. The Morgan fingerprint density at radius 2 is 1.81 bits per heavy atom. The van der Waals surface area contributed by atoms with Crippen molar-refractivity contribution < 1.29 is 22.6 Å². The third kappa shape index (κ3) is 3.40. The maximum absolute atomic E-state index is 13.5. The predicted molar refractivity (Wildman–Crippen MR) is 96.1 cm³/mol. The molecule has 0 spiro atoms. The molecule has 0 bridgehead atoms. The molecule has 26 heavy (non-hydrogen) atoms. The second kappa shape index (κ2) is 6.88. The molecule has 6 heteroatoms. The lowest BCUT2D eigenvalue weighted by molar-refractivity contribution is -0.230. The van der Waals surface area contributed by atoms with Gasteiger partial charge in [-0.25, -0.2) is 0 Å². The number of ether oxygens (including phenoxy) is 2.